The molecule has 0 spiro atoms. The van der Waals surface area contributed by atoms with Gasteiger partial charge in [-0.15, -0.1) is 0 Å². The van der Waals surface area contributed by atoms with E-state index in [1.807, 2.05) is 0 Å². The molecular weight excluding hydrogens is 249 g/mol. The summed E-state index contributed by atoms with van der Waals surface area (Å²) in [6, 6.07) is 2.48. The molecule has 1 amide bonds. The number of hydrogen-bond donors (Lipinski definition) is 3. The monoisotopic (exact) mass is 269 g/mol. The second-order valence-corrected chi connectivity index (χ2v) is 4.75. The van der Waals surface area contributed by atoms with Crippen LogP contribution in [0.4, 0.5) is 15.8 Å². The lowest BCUT2D eigenvalue weighted by Crippen LogP contribution is -2.24. The molecule has 0 aliphatic rings. The smallest absolute Gasteiger partial charge is 0.219 e. The largest absolute Gasteiger partial charge is 0.488 e. The highest BCUT2D eigenvalue weighted by atomic mass is 19.1. The van der Waals surface area contributed by atoms with E-state index in [1.165, 1.54) is 12.1 Å². The number of anilines is 2. The lowest BCUT2D eigenvalue weighted by molar-refractivity contribution is -0.118. The van der Waals surface area contributed by atoms with Gasteiger partial charge in [-0.25, -0.2) is 4.39 Å². The van der Waals surface area contributed by atoms with E-state index in [4.69, 9.17) is 16.2 Å². The van der Waals surface area contributed by atoms with Gasteiger partial charge >= 0.3 is 0 Å². The number of nitrogen functional groups attached to an aromatic ring is 1. The van der Waals surface area contributed by atoms with E-state index >= 15 is 0 Å². The molecule has 0 aromatic heterocycles. The summed E-state index contributed by atoms with van der Waals surface area (Å²) in [6.07, 6.45) is 0.0194. The Morgan fingerprint density at radius 3 is 2.58 bits per heavy atom. The van der Waals surface area contributed by atoms with Crippen LogP contribution in [0.3, 0.4) is 0 Å². The van der Waals surface area contributed by atoms with Crippen molar-refractivity contribution in [3.8, 4) is 5.75 Å². The Kier molecular flexibility index (Phi) is 4.97. The number of rotatable bonds is 6. The minimum absolute atomic E-state index is 0.123. The number of benzene rings is 1. The highest BCUT2D eigenvalue weighted by Crippen LogP contribution is 2.29. The van der Waals surface area contributed by atoms with Crippen molar-refractivity contribution in [1.82, 2.24) is 0 Å². The van der Waals surface area contributed by atoms with Gasteiger partial charge in [0.15, 0.2) is 11.6 Å². The van der Waals surface area contributed by atoms with Crippen LogP contribution >= 0.6 is 0 Å². The normalized spacial score (nSPS) is 12.3. The van der Waals surface area contributed by atoms with Crippen molar-refractivity contribution in [3.63, 3.8) is 0 Å². The summed E-state index contributed by atoms with van der Waals surface area (Å²) in [5.74, 6) is -0.809. The van der Waals surface area contributed by atoms with Crippen molar-refractivity contribution in [2.75, 3.05) is 11.1 Å². The lowest BCUT2D eigenvalue weighted by atomic mass is 10.2. The molecule has 0 aliphatic heterocycles. The molecule has 0 bridgehead atoms. The molecule has 5 N–H and O–H groups in total. The van der Waals surface area contributed by atoms with Crippen LogP contribution in [0, 0.1) is 5.82 Å². The van der Waals surface area contributed by atoms with Gasteiger partial charge in [0, 0.05) is 24.6 Å². The number of primary amides is 1. The average Bonchev–Trinajstić information content (AvgIpc) is 2.23. The average molecular weight is 269 g/mol. The molecule has 1 rings (SSSR count). The first-order valence-corrected chi connectivity index (χ1v) is 6.10. The molecule has 0 aliphatic carbocycles. The van der Waals surface area contributed by atoms with Gasteiger partial charge in [-0.1, -0.05) is 0 Å². The fraction of sp³-hybridized carbons (Fsp3) is 0.462. The van der Waals surface area contributed by atoms with Gasteiger partial charge in [-0.05, 0) is 20.8 Å². The van der Waals surface area contributed by atoms with Crippen molar-refractivity contribution < 1.29 is 13.9 Å². The predicted octanol–water partition coefficient (Wildman–Crippen LogP) is 1.87. The molecule has 0 radical (unpaired) electrons. The zero-order valence-corrected chi connectivity index (χ0v) is 11.4. The fourth-order valence-corrected chi connectivity index (χ4v) is 1.66. The Morgan fingerprint density at radius 1 is 1.42 bits per heavy atom. The molecule has 1 unspecified atom stereocenters. The maximum absolute atomic E-state index is 13.6. The summed E-state index contributed by atoms with van der Waals surface area (Å²) in [5.41, 5.74) is 11.6. The quantitative estimate of drug-likeness (QED) is 0.688. The van der Waals surface area contributed by atoms with Crippen LogP contribution in [0.5, 0.6) is 5.75 Å². The summed E-state index contributed by atoms with van der Waals surface area (Å²) < 4.78 is 19.0. The minimum atomic E-state index is -0.515. The number of halogens is 1. The first kappa shape index (κ1) is 15.1. The second-order valence-electron chi connectivity index (χ2n) is 4.75. The van der Waals surface area contributed by atoms with Gasteiger partial charge in [-0.2, -0.15) is 0 Å². The first-order chi connectivity index (χ1) is 8.79. The highest BCUT2D eigenvalue weighted by molar-refractivity contribution is 5.76. The zero-order valence-electron chi connectivity index (χ0n) is 11.4. The van der Waals surface area contributed by atoms with Crippen LogP contribution in [0.15, 0.2) is 12.1 Å². The van der Waals surface area contributed by atoms with Crippen molar-refractivity contribution in [1.29, 1.82) is 0 Å². The number of ether oxygens (including phenoxy) is 1. The molecule has 1 atom stereocenters. The Morgan fingerprint density at radius 2 is 2.05 bits per heavy atom. The topological polar surface area (TPSA) is 90.4 Å². The number of amides is 1. The van der Waals surface area contributed by atoms with Crippen molar-refractivity contribution in [2.45, 2.75) is 39.3 Å². The summed E-state index contributed by atoms with van der Waals surface area (Å²) in [7, 11) is 0. The van der Waals surface area contributed by atoms with E-state index in [0.29, 0.717) is 5.69 Å². The fourth-order valence-electron chi connectivity index (χ4n) is 1.66. The Hall–Kier alpha value is -1.98. The van der Waals surface area contributed by atoms with E-state index in [1.54, 1.807) is 20.8 Å². The van der Waals surface area contributed by atoms with Gasteiger partial charge in [0.1, 0.15) is 0 Å². The molecule has 1 aromatic carbocycles. The van der Waals surface area contributed by atoms with Gasteiger partial charge < -0.3 is 21.5 Å². The third-order valence-electron chi connectivity index (χ3n) is 2.38. The number of nitrogens with two attached hydrogens (primary N) is 2. The number of hydrogen-bond acceptors (Lipinski definition) is 4. The molecule has 6 heteroatoms. The molecule has 0 saturated heterocycles. The van der Waals surface area contributed by atoms with Gasteiger partial charge in [0.2, 0.25) is 5.91 Å². The van der Waals surface area contributed by atoms with E-state index in [0.717, 1.165) is 0 Å². The molecule has 0 heterocycles. The molecule has 1 aromatic rings. The lowest BCUT2D eigenvalue weighted by Gasteiger charge is -2.18. The zero-order chi connectivity index (χ0) is 14.6. The van der Waals surface area contributed by atoms with E-state index < -0.39 is 11.7 Å². The highest BCUT2D eigenvalue weighted by Gasteiger charge is 2.13. The SMILES string of the molecule is CC(CC(N)=O)Nc1cc(OC(C)C)c(F)cc1N. The predicted molar refractivity (Wildman–Crippen MR) is 73.5 cm³/mol. The molecule has 0 fully saturated rings. The van der Waals surface area contributed by atoms with Gasteiger partial charge in [-0.3, -0.25) is 4.79 Å². The van der Waals surface area contributed by atoms with Gasteiger partial charge in [0.05, 0.1) is 17.5 Å². The van der Waals surface area contributed by atoms with Crippen molar-refractivity contribution >= 4 is 17.3 Å². The number of carbonyl (C=O) groups is 1. The number of nitrogens with one attached hydrogen (secondary N) is 1. The van der Waals surface area contributed by atoms with Crippen molar-refractivity contribution in [2.24, 2.45) is 5.73 Å². The number of carbonyl (C=O) groups excluding carboxylic acids is 1. The standard InChI is InChI=1S/C13H20FN3O2/c1-7(2)19-12-6-11(10(15)5-9(12)14)17-8(3)4-13(16)18/h5-8,17H,4,15H2,1-3H3,(H2,16,18). The summed E-state index contributed by atoms with van der Waals surface area (Å²) >= 11 is 0. The molecular formula is C13H20FN3O2. The van der Waals surface area contributed by atoms with Crippen LogP contribution in [0.2, 0.25) is 0 Å². The third kappa shape index (κ3) is 4.65. The van der Waals surface area contributed by atoms with Crippen LogP contribution < -0.4 is 21.5 Å². The van der Waals surface area contributed by atoms with Gasteiger partial charge in [0.25, 0.3) is 0 Å². The maximum Gasteiger partial charge on any atom is 0.219 e. The summed E-state index contributed by atoms with van der Waals surface area (Å²) in [4.78, 5) is 10.8. The van der Waals surface area contributed by atoms with Crippen LogP contribution in [0.1, 0.15) is 27.2 Å². The maximum atomic E-state index is 13.6. The molecule has 0 saturated carbocycles. The summed E-state index contributed by atoms with van der Waals surface area (Å²) in [5, 5.41) is 3.01. The Bertz CT molecular complexity index is 463. The van der Waals surface area contributed by atoms with E-state index in [2.05, 4.69) is 5.32 Å². The Labute approximate surface area is 112 Å². The molecule has 5 nitrogen and oxygen atoms in total. The summed E-state index contributed by atoms with van der Waals surface area (Å²) in [6.45, 7) is 5.40. The first-order valence-electron chi connectivity index (χ1n) is 6.10. The van der Waals surface area contributed by atoms with E-state index in [-0.39, 0.29) is 30.0 Å². The van der Waals surface area contributed by atoms with E-state index in [9.17, 15) is 9.18 Å². The minimum Gasteiger partial charge on any atom is -0.488 e. The van der Waals surface area contributed by atoms with Crippen LogP contribution in [0.25, 0.3) is 0 Å². The Balaban J connectivity index is 2.91. The second kappa shape index (κ2) is 6.26. The molecule has 19 heavy (non-hydrogen) atoms. The van der Waals surface area contributed by atoms with Crippen LogP contribution in [-0.4, -0.2) is 18.1 Å². The molecule has 106 valence electrons. The van der Waals surface area contributed by atoms with Crippen LogP contribution in [-0.2, 0) is 4.79 Å². The third-order valence-corrected chi connectivity index (χ3v) is 2.38. The van der Waals surface area contributed by atoms with Crippen molar-refractivity contribution in [3.05, 3.63) is 17.9 Å².